The van der Waals surface area contributed by atoms with Gasteiger partial charge in [-0.1, -0.05) is 13.8 Å². The summed E-state index contributed by atoms with van der Waals surface area (Å²) in [6.45, 7) is 3.95. The van der Waals surface area contributed by atoms with Crippen molar-refractivity contribution < 1.29 is 18.3 Å². The summed E-state index contributed by atoms with van der Waals surface area (Å²) in [5.41, 5.74) is 0.717. The summed E-state index contributed by atoms with van der Waals surface area (Å²) in [5, 5.41) is 17.6. The normalized spacial score (nSPS) is 11.8. The van der Waals surface area contributed by atoms with E-state index in [2.05, 4.69) is 4.98 Å². The fourth-order valence-electron chi connectivity index (χ4n) is 1.57. The third kappa shape index (κ3) is 3.75. The van der Waals surface area contributed by atoms with Gasteiger partial charge >= 0.3 is 5.97 Å². The van der Waals surface area contributed by atoms with Crippen LogP contribution in [0.4, 0.5) is 0 Å². The molecule has 1 aromatic rings. The van der Waals surface area contributed by atoms with E-state index < -0.39 is 21.7 Å². The summed E-state index contributed by atoms with van der Waals surface area (Å²) in [6.07, 6.45) is 0.0488. The lowest BCUT2D eigenvalue weighted by molar-refractivity contribution is 0.0687. The summed E-state index contributed by atoms with van der Waals surface area (Å²) < 4.78 is 25.8. The number of nitrogens with zero attached hydrogens (tertiary/aromatic N) is 3. The van der Waals surface area contributed by atoms with E-state index in [1.54, 1.807) is 0 Å². The molecule has 0 saturated carbocycles. The van der Waals surface area contributed by atoms with Crippen LogP contribution >= 0.6 is 11.3 Å². The molecule has 0 aromatic carbocycles. The molecule has 0 amide bonds. The second-order valence-electron chi connectivity index (χ2n) is 4.46. The number of aromatic nitrogens is 1. The fourth-order valence-corrected chi connectivity index (χ4v) is 4.45. The Labute approximate surface area is 121 Å². The monoisotopic (exact) mass is 317 g/mol. The number of carboxylic acid groups (broad SMARTS) is 1. The number of thiazole rings is 1. The van der Waals surface area contributed by atoms with Crippen LogP contribution in [-0.2, 0) is 10.0 Å². The minimum atomic E-state index is -3.94. The molecule has 110 valence electrons. The van der Waals surface area contributed by atoms with Gasteiger partial charge in [0.25, 0.3) is 10.0 Å². The molecule has 0 radical (unpaired) electrons. The van der Waals surface area contributed by atoms with Gasteiger partial charge in [0.1, 0.15) is 0 Å². The third-order valence-electron chi connectivity index (χ3n) is 2.35. The first-order valence-corrected chi connectivity index (χ1v) is 8.16. The van der Waals surface area contributed by atoms with Gasteiger partial charge in [-0.05, 0) is 5.92 Å². The zero-order chi connectivity index (χ0) is 15.3. The molecule has 0 saturated heterocycles. The van der Waals surface area contributed by atoms with E-state index in [-0.39, 0.29) is 29.6 Å². The lowest BCUT2D eigenvalue weighted by Crippen LogP contribution is -2.35. The molecule has 0 aliphatic carbocycles. The van der Waals surface area contributed by atoms with E-state index in [0.717, 1.165) is 15.6 Å². The number of sulfonamides is 1. The Morgan fingerprint density at radius 3 is 2.75 bits per heavy atom. The predicted molar refractivity (Wildman–Crippen MR) is 72.9 cm³/mol. The summed E-state index contributed by atoms with van der Waals surface area (Å²) in [6, 6.07) is 1.89. The predicted octanol–water partition coefficient (Wildman–Crippen LogP) is 1.40. The molecule has 1 N–H and O–H groups in total. The van der Waals surface area contributed by atoms with Crippen LogP contribution in [0.2, 0.25) is 0 Å². The third-order valence-corrected chi connectivity index (χ3v) is 5.57. The van der Waals surface area contributed by atoms with Gasteiger partial charge in [-0.25, -0.2) is 18.2 Å². The lowest BCUT2D eigenvalue weighted by atomic mass is 10.2. The van der Waals surface area contributed by atoms with Gasteiger partial charge in [-0.15, -0.1) is 11.3 Å². The minimum Gasteiger partial charge on any atom is -0.476 e. The Kier molecular flexibility index (Phi) is 5.62. The van der Waals surface area contributed by atoms with Crippen LogP contribution in [0.5, 0.6) is 0 Å². The van der Waals surface area contributed by atoms with Crippen molar-refractivity contribution in [3.05, 3.63) is 11.2 Å². The molecule has 1 aromatic heterocycles. The molecular weight excluding hydrogens is 302 g/mol. The topological polar surface area (TPSA) is 111 Å². The van der Waals surface area contributed by atoms with E-state index in [9.17, 15) is 13.2 Å². The standard InChI is InChI=1S/C11H15N3O4S2/c1-8(2)6-14(5-3-4-12)20(17,18)11-9(10(15)16)13-7-19-11/h7-8H,3,5-6H2,1-2H3,(H,15,16). The van der Waals surface area contributed by atoms with Gasteiger partial charge < -0.3 is 5.11 Å². The Morgan fingerprint density at radius 2 is 2.25 bits per heavy atom. The van der Waals surface area contributed by atoms with Gasteiger partial charge in [-0.2, -0.15) is 9.57 Å². The van der Waals surface area contributed by atoms with E-state index in [0.29, 0.717) is 0 Å². The van der Waals surface area contributed by atoms with Gasteiger partial charge in [0, 0.05) is 19.5 Å². The minimum absolute atomic E-state index is 0.0357. The van der Waals surface area contributed by atoms with Gasteiger partial charge in [-0.3, -0.25) is 0 Å². The van der Waals surface area contributed by atoms with Crippen molar-refractivity contribution in [1.82, 2.24) is 9.29 Å². The highest BCUT2D eigenvalue weighted by molar-refractivity contribution is 7.91. The molecule has 0 bridgehead atoms. The number of aromatic carboxylic acids is 1. The second kappa shape index (κ2) is 6.78. The van der Waals surface area contributed by atoms with Crippen LogP contribution < -0.4 is 0 Å². The van der Waals surface area contributed by atoms with Crippen molar-refractivity contribution in [2.24, 2.45) is 5.92 Å². The van der Waals surface area contributed by atoms with Crippen LogP contribution in [0.25, 0.3) is 0 Å². The van der Waals surface area contributed by atoms with Crippen molar-refractivity contribution >= 4 is 27.3 Å². The average Bonchev–Trinajstić information content (AvgIpc) is 2.83. The number of hydrogen-bond acceptors (Lipinski definition) is 6. The first-order chi connectivity index (χ1) is 9.30. The largest absolute Gasteiger partial charge is 0.476 e. The molecule has 7 nitrogen and oxygen atoms in total. The van der Waals surface area contributed by atoms with Gasteiger partial charge in [0.15, 0.2) is 9.90 Å². The molecule has 0 fully saturated rings. The Balaban J connectivity index is 3.18. The van der Waals surface area contributed by atoms with E-state index >= 15 is 0 Å². The van der Waals surface area contributed by atoms with Gasteiger partial charge in [0.05, 0.1) is 11.6 Å². The molecule has 9 heteroatoms. The van der Waals surface area contributed by atoms with E-state index in [4.69, 9.17) is 10.4 Å². The van der Waals surface area contributed by atoms with E-state index in [1.807, 2.05) is 19.9 Å². The number of nitriles is 1. The molecule has 0 unspecified atom stereocenters. The highest BCUT2D eigenvalue weighted by Crippen LogP contribution is 2.25. The van der Waals surface area contributed by atoms with E-state index in [1.165, 1.54) is 5.51 Å². The molecule has 0 atom stereocenters. The van der Waals surface area contributed by atoms with Crippen LogP contribution in [-0.4, -0.2) is 41.9 Å². The first kappa shape index (κ1) is 16.6. The Hall–Kier alpha value is -1.50. The van der Waals surface area contributed by atoms with Gasteiger partial charge in [0.2, 0.25) is 0 Å². The molecule has 1 heterocycles. The molecule has 0 spiro atoms. The fraction of sp³-hybridized carbons (Fsp3) is 0.545. The van der Waals surface area contributed by atoms with Crippen LogP contribution in [0, 0.1) is 17.2 Å². The molecule has 0 aliphatic heterocycles. The molecular formula is C11H15N3O4S2. The summed E-state index contributed by atoms with van der Waals surface area (Å²) in [7, 11) is -3.94. The quantitative estimate of drug-likeness (QED) is 0.813. The number of carbonyl (C=O) groups is 1. The van der Waals surface area contributed by atoms with Crippen molar-refractivity contribution in [2.45, 2.75) is 24.5 Å². The average molecular weight is 317 g/mol. The number of hydrogen-bond donors (Lipinski definition) is 1. The maximum Gasteiger partial charge on any atom is 0.356 e. The zero-order valence-electron chi connectivity index (χ0n) is 11.1. The zero-order valence-corrected chi connectivity index (χ0v) is 12.7. The molecule has 1 rings (SSSR count). The molecule has 0 aliphatic rings. The van der Waals surface area contributed by atoms with Crippen LogP contribution in [0.3, 0.4) is 0 Å². The first-order valence-electron chi connectivity index (χ1n) is 5.84. The summed E-state index contributed by atoms with van der Waals surface area (Å²) >= 11 is 0.769. The van der Waals surface area contributed by atoms with Crippen LogP contribution in [0.15, 0.2) is 9.72 Å². The number of rotatable bonds is 7. The Morgan fingerprint density at radius 1 is 1.60 bits per heavy atom. The SMILES string of the molecule is CC(C)CN(CCC#N)S(=O)(=O)c1scnc1C(=O)O. The van der Waals surface area contributed by atoms with Crippen molar-refractivity contribution in [1.29, 1.82) is 5.26 Å². The van der Waals surface area contributed by atoms with Crippen molar-refractivity contribution in [3.8, 4) is 6.07 Å². The second-order valence-corrected chi connectivity index (χ2v) is 7.45. The van der Waals surface area contributed by atoms with Crippen LogP contribution in [0.1, 0.15) is 30.8 Å². The molecule has 20 heavy (non-hydrogen) atoms. The highest BCUT2D eigenvalue weighted by atomic mass is 32.2. The summed E-state index contributed by atoms with van der Waals surface area (Å²) in [5.74, 6) is -1.32. The Bertz CT molecular complexity index is 616. The smallest absolute Gasteiger partial charge is 0.356 e. The maximum absolute atomic E-state index is 12.5. The maximum atomic E-state index is 12.5. The van der Waals surface area contributed by atoms with Crippen molar-refractivity contribution in [2.75, 3.05) is 13.1 Å². The van der Waals surface area contributed by atoms with Crippen molar-refractivity contribution in [3.63, 3.8) is 0 Å². The lowest BCUT2D eigenvalue weighted by Gasteiger charge is -2.22. The summed E-state index contributed by atoms with van der Waals surface area (Å²) in [4.78, 5) is 14.6. The number of carboxylic acids is 1. The highest BCUT2D eigenvalue weighted by Gasteiger charge is 2.31.